The number of amides is 2. The van der Waals surface area contributed by atoms with Crippen molar-refractivity contribution < 1.29 is 22.7 Å². The number of nitrogens with zero attached hydrogens (tertiary/aromatic N) is 2. The summed E-state index contributed by atoms with van der Waals surface area (Å²) in [5.74, 6) is -0.817. The minimum atomic E-state index is -3.68. The van der Waals surface area contributed by atoms with Crippen molar-refractivity contribution >= 4 is 21.8 Å². The molecule has 0 saturated carbocycles. The third-order valence-electron chi connectivity index (χ3n) is 4.69. The van der Waals surface area contributed by atoms with Gasteiger partial charge in [-0.2, -0.15) is 4.31 Å². The number of hydrogen-bond donors (Lipinski definition) is 1. The second kappa shape index (κ2) is 8.73. The van der Waals surface area contributed by atoms with Crippen LogP contribution in [0.3, 0.4) is 0 Å². The Morgan fingerprint density at radius 3 is 2.34 bits per heavy atom. The van der Waals surface area contributed by atoms with Crippen molar-refractivity contribution in [2.24, 2.45) is 5.73 Å². The molecule has 1 fully saturated rings. The van der Waals surface area contributed by atoms with E-state index in [1.807, 2.05) is 0 Å². The SMILES string of the molecule is CN(Cc1ccc(C(N)=O)cc1)C(=O)c1cccc(S(=O)(=O)N2CCOCC2)c1. The summed E-state index contributed by atoms with van der Waals surface area (Å²) >= 11 is 0. The summed E-state index contributed by atoms with van der Waals surface area (Å²) in [5, 5.41) is 0. The zero-order valence-corrected chi connectivity index (χ0v) is 16.9. The zero-order chi connectivity index (χ0) is 21.0. The monoisotopic (exact) mass is 417 g/mol. The van der Waals surface area contributed by atoms with E-state index in [0.717, 1.165) is 5.56 Å². The van der Waals surface area contributed by atoms with Gasteiger partial charge in [0, 0.05) is 37.8 Å². The van der Waals surface area contributed by atoms with Crippen LogP contribution in [0.4, 0.5) is 0 Å². The predicted molar refractivity (Wildman–Crippen MR) is 107 cm³/mol. The first kappa shape index (κ1) is 21.0. The molecule has 1 aliphatic rings. The van der Waals surface area contributed by atoms with Crippen LogP contribution in [0.1, 0.15) is 26.3 Å². The number of morpholine rings is 1. The minimum Gasteiger partial charge on any atom is -0.379 e. The van der Waals surface area contributed by atoms with Crippen LogP contribution in [0.25, 0.3) is 0 Å². The first-order valence-corrected chi connectivity index (χ1v) is 10.6. The maximum atomic E-state index is 12.8. The van der Waals surface area contributed by atoms with Gasteiger partial charge in [-0.05, 0) is 35.9 Å². The Labute approximate surface area is 169 Å². The van der Waals surface area contributed by atoms with E-state index in [1.165, 1.54) is 21.3 Å². The van der Waals surface area contributed by atoms with Crippen molar-refractivity contribution in [2.45, 2.75) is 11.4 Å². The first-order valence-electron chi connectivity index (χ1n) is 9.11. The molecule has 29 heavy (non-hydrogen) atoms. The number of nitrogens with two attached hydrogens (primary N) is 1. The van der Waals surface area contributed by atoms with Crippen LogP contribution < -0.4 is 5.73 Å². The topological polar surface area (TPSA) is 110 Å². The summed E-state index contributed by atoms with van der Waals surface area (Å²) in [6.45, 7) is 1.60. The Morgan fingerprint density at radius 2 is 1.72 bits per heavy atom. The van der Waals surface area contributed by atoms with Crippen molar-refractivity contribution in [3.63, 3.8) is 0 Å². The summed E-state index contributed by atoms with van der Waals surface area (Å²) in [6.07, 6.45) is 0. The van der Waals surface area contributed by atoms with Crippen LogP contribution >= 0.6 is 0 Å². The Kier molecular flexibility index (Phi) is 6.31. The Hall–Kier alpha value is -2.75. The van der Waals surface area contributed by atoms with Gasteiger partial charge in [0.15, 0.2) is 0 Å². The van der Waals surface area contributed by atoms with Crippen molar-refractivity contribution in [2.75, 3.05) is 33.4 Å². The first-order chi connectivity index (χ1) is 13.8. The Bertz CT molecular complexity index is 999. The van der Waals surface area contributed by atoms with Crippen molar-refractivity contribution in [3.8, 4) is 0 Å². The standard InChI is InChI=1S/C20H23N3O5S/c1-22(14-15-5-7-16(8-6-15)19(21)24)20(25)17-3-2-4-18(13-17)29(26,27)23-9-11-28-12-10-23/h2-8,13H,9-12,14H2,1H3,(H2,21,24). The predicted octanol–water partition coefficient (Wildman–Crippen LogP) is 1.08. The van der Waals surface area contributed by atoms with Gasteiger partial charge in [0.05, 0.1) is 18.1 Å². The molecule has 1 aliphatic heterocycles. The molecule has 0 spiro atoms. The van der Waals surface area contributed by atoms with E-state index >= 15 is 0 Å². The molecule has 2 aromatic carbocycles. The normalized spacial score (nSPS) is 15.1. The number of carbonyl (C=O) groups is 2. The summed E-state index contributed by atoms with van der Waals surface area (Å²) in [5.41, 5.74) is 6.73. The van der Waals surface area contributed by atoms with Gasteiger partial charge in [-0.1, -0.05) is 18.2 Å². The molecule has 2 N–H and O–H groups in total. The third kappa shape index (κ3) is 4.81. The Balaban J connectivity index is 1.75. The molecule has 2 amide bonds. The molecule has 0 bridgehead atoms. The summed E-state index contributed by atoms with van der Waals surface area (Å²) < 4.78 is 32.2. The highest BCUT2D eigenvalue weighted by atomic mass is 32.2. The van der Waals surface area contributed by atoms with Gasteiger partial charge >= 0.3 is 0 Å². The number of sulfonamides is 1. The minimum absolute atomic E-state index is 0.0875. The molecular formula is C20H23N3O5S. The number of hydrogen-bond acceptors (Lipinski definition) is 5. The van der Waals surface area contributed by atoms with E-state index in [2.05, 4.69) is 0 Å². The largest absolute Gasteiger partial charge is 0.379 e. The van der Waals surface area contributed by atoms with Gasteiger partial charge in [-0.25, -0.2) is 8.42 Å². The average Bonchev–Trinajstić information content (AvgIpc) is 2.74. The maximum Gasteiger partial charge on any atom is 0.253 e. The number of carbonyl (C=O) groups excluding carboxylic acids is 2. The second-order valence-electron chi connectivity index (χ2n) is 6.77. The highest BCUT2D eigenvalue weighted by Crippen LogP contribution is 2.19. The Morgan fingerprint density at radius 1 is 1.07 bits per heavy atom. The van der Waals surface area contributed by atoms with E-state index in [0.29, 0.717) is 38.4 Å². The molecule has 1 heterocycles. The van der Waals surface area contributed by atoms with Crippen LogP contribution in [-0.4, -0.2) is 62.8 Å². The highest BCUT2D eigenvalue weighted by Gasteiger charge is 2.27. The lowest BCUT2D eigenvalue weighted by molar-refractivity contribution is 0.0730. The fourth-order valence-corrected chi connectivity index (χ4v) is 4.52. The third-order valence-corrected chi connectivity index (χ3v) is 6.59. The van der Waals surface area contributed by atoms with Crippen LogP contribution in [0.5, 0.6) is 0 Å². The van der Waals surface area contributed by atoms with Crippen LogP contribution in [-0.2, 0) is 21.3 Å². The number of primary amides is 1. The van der Waals surface area contributed by atoms with Gasteiger partial charge in [-0.3, -0.25) is 9.59 Å². The molecule has 1 saturated heterocycles. The lowest BCUT2D eigenvalue weighted by Gasteiger charge is -2.26. The lowest BCUT2D eigenvalue weighted by atomic mass is 10.1. The fourth-order valence-electron chi connectivity index (χ4n) is 3.07. The average molecular weight is 417 g/mol. The molecule has 0 aromatic heterocycles. The van der Waals surface area contributed by atoms with Gasteiger partial charge in [-0.15, -0.1) is 0 Å². The number of ether oxygens (including phenoxy) is 1. The van der Waals surface area contributed by atoms with Crippen molar-refractivity contribution in [1.29, 1.82) is 0 Å². The molecule has 2 aromatic rings. The van der Waals surface area contributed by atoms with Gasteiger partial charge in [0.1, 0.15) is 0 Å². The van der Waals surface area contributed by atoms with Crippen LogP contribution in [0.2, 0.25) is 0 Å². The van der Waals surface area contributed by atoms with E-state index in [-0.39, 0.29) is 16.4 Å². The fraction of sp³-hybridized carbons (Fsp3) is 0.300. The molecule has 0 atom stereocenters. The van der Waals surface area contributed by atoms with Gasteiger partial charge < -0.3 is 15.4 Å². The molecule has 0 radical (unpaired) electrons. The number of benzene rings is 2. The van der Waals surface area contributed by atoms with Gasteiger partial charge in [0.2, 0.25) is 15.9 Å². The lowest BCUT2D eigenvalue weighted by Crippen LogP contribution is -2.40. The van der Waals surface area contributed by atoms with Crippen molar-refractivity contribution in [1.82, 2.24) is 9.21 Å². The van der Waals surface area contributed by atoms with E-state index < -0.39 is 15.9 Å². The molecule has 154 valence electrons. The van der Waals surface area contributed by atoms with Crippen molar-refractivity contribution in [3.05, 3.63) is 65.2 Å². The smallest absolute Gasteiger partial charge is 0.253 e. The second-order valence-corrected chi connectivity index (χ2v) is 8.70. The molecule has 9 heteroatoms. The highest BCUT2D eigenvalue weighted by molar-refractivity contribution is 7.89. The zero-order valence-electron chi connectivity index (χ0n) is 16.1. The molecule has 3 rings (SSSR count). The quantitative estimate of drug-likeness (QED) is 0.756. The maximum absolute atomic E-state index is 12.8. The van der Waals surface area contributed by atoms with E-state index in [4.69, 9.17) is 10.5 Å². The summed E-state index contributed by atoms with van der Waals surface area (Å²) in [4.78, 5) is 25.5. The van der Waals surface area contributed by atoms with Gasteiger partial charge in [0.25, 0.3) is 5.91 Å². The molecule has 0 unspecified atom stereocenters. The summed E-state index contributed by atoms with van der Waals surface area (Å²) in [7, 11) is -2.04. The van der Waals surface area contributed by atoms with E-state index in [9.17, 15) is 18.0 Å². The molecular weight excluding hydrogens is 394 g/mol. The summed E-state index contributed by atoms with van der Waals surface area (Å²) in [6, 6.07) is 12.7. The van der Waals surface area contributed by atoms with Crippen LogP contribution in [0.15, 0.2) is 53.4 Å². The van der Waals surface area contributed by atoms with E-state index in [1.54, 1.807) is 43.4 Å². The molecule has 8 nitrogen and oxygen atoms in total. The van der Waals surface area contributed by atoms with Crippen LogP contribution in [0, 0.1) is 0 Å². The molecule has 0 aliphatic carbocycles. The number of rotatable bonds is 6.